The summed E-state index contributed by atoms with van der Waals surface area (Å²) in [7, 11) is 0. The smallest absolute Gasteiger partial charge is 0.405 e. The summed E-state index contributed by atoms with van der Waals surface area (Å²) in [6.45, 7) is 5.22. The van der Waals surface area contributed by atoms with Gasteiger partial charge in [-0.15, -0.1) is 0 Å². The molecule has 0 aromatic carbocycles. The van der Waals surface area contributed by atoms with Gasteiger partial charge in [0.2, 0.25) is 0 Å². The molecule has 1 atom stereocenters. The number of carbonyl (C=O) groups is 1. The number of carbonyl (C=O) groups excluding carboxylic acids is 1. The molecule has 12 heavy (non-hydrogen) atoms. The maximum absolute atomic E-state index is 10.4. The topological polar surface area (TPSA) is 72.6 Å². The first kappa shape index (κ1) is 11.2. The maximum atomic E-state index is 10.4. The van der Waals surface area contributed by atoms with E-state index in [9.17, 15) is 4.79 Å². The summed E-state index contributed by atoms with van der Waals surface area (Å²) in [6.07, 6.45) is 0.0554. The van der Waals surface area contributed by atoms with Gasteiger partial charge in [-0.25, -0.2) is 4.79 Å². The molecule has 0 fully saturated rings. The van der Waals surface area contributed by atoms with Crippen molar-refractivity contribution in [1.82, 2.24) is 0 Å². The second kappa shape index (κ2) is 4.30. The predicted molar refractivity (Wildman–Crippen MR) is 45.7 cm³/mol. The van der Waals surface area contributed by atoms with Crippen LogP contribution in [-0.2, 0) is 4.74 Å². The summed E-state index contributed by atoms with van der Waals surface area (Å²) in [5.74, 6) is 0. The van der Waals surface area contributed by atoms with Gasteiger partial charge in [-0.05, 0) is 33.6 Å². The second-order valence-corrected chi connectivity index (χ2v) is 3.57. The highest BCUT2D eigenvalue weighted by atomic mass is 16.6. The third-order valence-corrected chi connectivity index (χ3v) is 1.54. The molecule has 0 aromatic rings. The van der Waals surface area contributed by atoms with Crippen molar-refractivity contribution < 1.29 is 14.6 Å². The molecule has 0 saturated heterocycles. The number of amides is 1. The molecule has 3 N–H and O–H groups in total. The van der Waals surface area contributed by atoms with Crippen LogP contribution in [0.3, 0.4) is 0 Å². The Labute approximate surface area is 72.7 Å². The van der Waals surface area contributed by atoms with Crippen molar-refractivity contribution in [3.8, 4) is 0 Å². The van der Waals surface area contributed by atoms with E-state index in [4.69, 9.17) is 15.6 Å². The van der Waals surface area contributed by atoms with E-state index >= 15 is 0 Å². The molecular weight excluding hydrogens is 158 g/mol. The summed E-state index contributed by atoms with van der Waals surface area (Å²) in [6, 6.07) is 0. The number of rotatable bonds is 4. The fourth-order valence-electron chi connectivity index (χ4n) is 0.880. The second-order valence-electron chi connectivity index (χ2n) is 3.57. The Morgan fingerprint density at radius 2 is 2.17 bits per heavy atom. The largest absolute Gasteiger partial charge is 0.444 e. The van der Waals surface area contributed by atoms with E-state index in [1.165, 1.54) is 0 Å². The molecule has 4 heteroatoms. The van der Waals surface area contributed by atoms with Crippen molar-refractivity contribution in [3.63, 3.8) is 0 Å². The molecule has 4 nitrogen and oxygen atoms in total. The first-order valence-electron chi connectivity index (χ1n) is 4.00. The maximum Gasteiger partial charge on any atom is 0.405 e. The standard InChI is InChI=1S/C8H17NO3/c1-6(10)4-5-8(2,3)12-7(9)11/h6,10H,4-5H2,1-3H3,(H2,9,11)/t6-/m0/s1. The number of primary amides is 1. The molecule has 0 unspecified atom stereocenters. The van der Waals surface area contributed by atoms with Crippen LogP contribution in [0.1, 0.15) is 33.6 Å². The average Bonchev–Trinajstić information content (AvgIpc) is 1.81. The van der Waals surface area contributed by atoms with Crippen LogP contribution in [0.15, 0.2) is 0 Å². The van der Waals surface area contributed by atoms with Gasteiger partial charge in [-0.2, -0.15) is 0 Å². The van der Waals surface area contributed by atoms with Crippen LogP contribution in [0.2, 0.25) is 0 Å². The van der Waals surface area contributed by atoms with Crippen LogP contribution in [-0.4, -0.2) is 22.9 Å². The lowest BCUT2D eigenvalue weighted by molar-refractivity contribution is 0.0275. The Kier molecular flexibility index (Phi) is 4.03. The molecule has 0 spiro atoms. The van der Waals surface area contributed by atoms with Crippen LogP contribution in [0.4, 0.5) is 4.79 Å². The molecule has 72 valence electrons. The molecule has 0 rings (SSSR count). The molecule has 0 bridgehead atoms. The van der Waals surface area contributed by atoms with Gasteiger partial charge >= 0.3 is 6.09 Å². The van der Waals surface area contributed by atoms with E-state index in [1.54, 1.807) is 20.8 Å². The Morgan fingerprint density at radius 3 is 2.50 bits per heavy atom. The Bertz CT molecular complexity index is 154. The van der Waals surface area contributed by atoms with Gasteiger partial charge in [-0.3, -0.25) is 0 Å². The van der Waals surface area contributed by atoms with Crippen molar-refractivity contribution in [3.05, 3.63) is 0 Å². The van der Waals surface area contributed by atoms with Gasteiger partial charge in [0, 0.05) is 0 Å². The van der Waals surface area contributed by atoms with Crippen molar-refractivity contribution in [2.75, 3.05) is 0 Å². The number of aliphatic hydroxyl groups excluding tert-OH is 1. The minimum atomic E-state index is -0.773. The fraction of sp³-hybridized carbons (Fsp3) is 0.875. The summed E-state index contributed by atoms with van der Waals surface area (Å²) in [5, 5.41) is 8.98. The third kappa shape index (κ3) is 5.97. The zero-order valence-corrected chi connectivity index (χ0v) is 7.83. The molecule has 0 heterocycles. The van der Waals surface area contributed by atoms with Gasteiger partial charge in [-0.1, -0.05) is 0 Å². The average molecular weight is 175 g/mol. The lowest BCUT2D eigenvalue weighted by atomic mass is 10.0. The molecule has 0 aliphatic heterocycles. The van der Waals surface area contributed by atoms with Crippen molar-refractivity contribution in [1.29, 1.82) is 0 Å². The SMILES string of the molecule is C[C@H](O)CCC(C)(C)OC(N)=O. The highest BCUT2D eigenvalue weighted by molar-refractivity contribution is 5.65. The normalized spacial score (nSPS) is 14.0. The summed E-state index contributed by atoms with van der Waals surface area (Å²) in [5.41, 5.74) is 4.28. The zero-order valence-electron chi connectivity index (χ0n) is 7.83. The van der Waals surface area contributed by atoms with Crippen LogP contribution < -0.4 is 5.73 Å². The van der Waals surface area contributed by atoms with E-state index in [0.717, 1.165) is 0 Å². The third-order valence-electron chi connectivity index (χ3n) is 1.54. The molecule has 0 radical (unpaired) electrons. The molecule has 0 saturated carbocycles. The van der Waals surface area contributed by atoms with E-state index in [-0.39, 0.29) is 6.10 Å². The first-order valence-corrected chi connectivity index (χ1v) is 4.00. The van der Waals surface area contributed by atoms with Gasteiger partial charge in [0.15, 0.2) is 0 Å². The van der Waals surface area contributed by atoms with Gasteiger partial charge < -0.3 is 15.6 Å². The zero-order chi connectivity index (χ0) is 9.78. The van der Waals surface area contributed by atoms with Crippen LogP contribution in [0, 0.1) is 0 Å². The summed E-state index contributed by atoms with van der Waals surface area (Å²) >= 11 is 0. The highest BCUT2D eigenvalue weighted by Crippen LogP contribution is 2.17. The number of hydrogen-bond donors (Lipinski definition) is 2. The van der Waals surface area contributed by atoms with Crippen LogP contribution in [0.25, 0.3) is 0 Å². The number of aliphatic hydroxyl groups is 1. The summed E-state index contributed by atoms with van der Waals surface area (Å²) in [4.78, 5) is 10.4. The minimum absolute atomic E-state index is 0.374. The Balaban J connectivity index is 3.78. The lowest BCUT2D eigenvalue weighted by Crippen LogP contribution is -2.31. The molecule has 0 aliphatic carbocycles. The van der Waals surface area contributed by atoms with Gasteiger partial charge in [0.25, 0.3) is 0 Å². The monoisotopic (exact) mass is 175 g/mol. The Morgan fingerprint density at radius 1 is 1.67 bits per heavy atom. The molecule has 1 amide bonds. The highest BCUT2D eigenvalue weighted by Gasteiger charge is 2.21. The van der Waals surface area contributed by atoms with Gasteiger partial charge in [0.05, 0.1) is 6.10 Å². The van der Waals surface area contributed by atoms with E-state index in [2.05, 4.69) is 0 Å². The van der Waals surface area contributed by atoms with E-state index in [0.29, 0.717) is 12.8 Å². The summed E-state index contributed by atoms with van der Waals surface area (Å²) < 4.78 is 4.82. The van der Waals surface area contributed by atoms with Crippen LogP contribution >= 0.6 is 0 Å². The first-order chi connectivity index (χ1) is 5.33. The van der Waals surface area contributed by atoms with Crippen molar-refractivity contribution in [2.24, 2.45) is 5.73 Å². The molecule has 0 aromatic heterocycles. The number of ether oxygens (including phenoxy) is 1. The number of nitrogens with two attached hydrogens (primary N) is 1. The fourth-order valence-corrected chi connectivity index (χ4v) is 0.880. The predicted octanol–water partition coefficient (Wildman–Crippen LogP) is 1.02. The van der Waals surface area contributed by atoms with E-state index < -0.39 is 11.7 Å². The quantitative estimate of drug-likeness (QED) is 0.670. The number of hydrogen-bond acceptors (Lipinski definition) is 3. The van der Waals surface area contributed by atoms with Crippen molar-refractivity contribution >= 4 is 6.09 Å². The lowest BCUT2D eigenvalue weighted by Gasteiger charge is -2.24. The minimum Gasteiger partial charge on any atom is -0.444 e. The Hall–Kier alpha value is -0.770. The van der Waals surface area contributed by atoms with E-state index in [1.807, 2.05) is 0 Å². The van der Waals surface area contributed by atoms with Gasteiger partial charge in [0.1, 0.15) is 5.60 Å². The molecule has 0 aliphatic rings. The van der Waals surface area contributed by atoms with Crippen molar-refractivity contribution in [2.45, 2.75) is 45.3 Å². The van der Waals surface area contributed by atoms with Crippen LogP contribution in [0.5, 0.6) is 0 Å². The molecular formula is C8H17NO3.